The van der Waals surface area contributed by atoms with Crippen molar-refractivity contribution in [2.24, 2.45) is 11.7 Å². The number of sulfonamides is 1. The van der Waals surface area contributed by atoms with Gasteiger partial charge in [-0.05, 0) is 37.3 Å². The number of hydrogen-bond donors (Lipinski definition) is 3. The number of aryl methyl sites for hydroxylation is 1. The molecule has 21 heavy (non-hydrogen) atoms. The van der Waals surface area contributed by atoms with Crippen LogP contribution in [0.4, 0.5) is 0 Å². The SMILES string of the molecule is Cc1ccccc1S(=O)(=O)NC(C(=N)N)C1CCCCC1. The highest BCUT2D eigenvalue weighted by atomic mass is 32.2. The molecule has 116 valence electrons. The van der Waals surface area contributed by atoms with Crippen LogP contribution < -0.4 is 10.5 Å². The van der Waals surface area contributed by atoms with Crippen LogP contribution in [0.3, 0.4) is 0 Å². The summed E-state index contributed by atoms with van der Waals surface area (Å²) in [5.74, 6) is 0.0223. The van der Waals surface area contributed by atoms with E-state index in [0.717, 1.165) is 25.7 Å². The minimum absolute atomic E-state index is 0.0981. The first-order chi connectivity index (χ1) is 9.92. The summed E-state index contributed by atoms with van der Waals surface area (Å²) in [4.78, 5) is 0.257. The highest BCUT2D eigenvalue weighted by Gasteiger charge is 2.30. The van der Waals surface area contributed by atoms with Crippen LogP contribution >= 0.6 is 0 Å². The zero-order chi connectivity index (χ0) is 15.5. The summed E-state index contributed by atoms with van der Waals surface area (Å²) in [5, 5.41) is 7.73. The van der Waals surface area contributed by atoms with Crippen molar-refractivity contribution in [2.75, 3.05) is 0 Å². The van der Waals surface area contributed by atoms with Crippen molar-refractivity contribution in [3.05, 3.63) is 29.8 Å². The Hall–Kier alpha value is -1.40. The third-order valence-electron chi connectivity index (χ3n) is 4.12. The molecule has 0 aliphatic heterocycles. The summed E-state index contributed by atoms with van der Waals surface area (Å²) in [7, 11) is -3.66. The summed E-state index contributed by atoms with van der Waals surface area (Å²) in [6, 6.07) is 6.24. The molecule has 1 aliphatic carbocycles. The Labute approximate surface area is 126 Å². The third-order valence-corrected chi connectivity index (χ3v) is 5.72. The van der Waals surface area contributed by atoms with Gasteiger partial charge in [0.15, 0.2) is 0 Å². The smallest absolute Gasteiger partial charge is 0.241 e. The molecule has 1 aromatic carbocycles. The van der Waals surface area contributed by atoms with E-state index < -0.39 is 16.1 Å². The van der Waals surface area contributed by atoms with Crippen molar-refractivity contribution >= 4 is 15.9 Å². The Kier molecular flexibility index (Phi) is 5.00. The van der Waals surface area contributed by atoms with Gasteiger partial charge in [0.25, 0.3) is 0 Å². The van der Waals surface area contributed by atoms with E-state index >= 15 is 0 Å². The van der Waals surface area contributed by atoms with Crippen LogP contribution in [-0.4, -0.2) is 20.3 Å². The van der Waals surface area contributed by atoms with Crippen molar-refractivity contribution < 1.29 is 8.42 Å². The largest absolute Gasteiger partial charge is 0.386 e. The van der Waals surface area contributed by atoms with Crippen LogP contribution in [0.15, 0.2) is 29.2 Å². The molecule has 1 unspecified atom stereocenters. The van der Waals surface area contributed by atoms with Crippen LogP contribution in [0.1, 0.15) is 37.7 Å². The fraction of sp³-hybridized carbons (Fsp3) is 0.533. The highest BCUT2D eigenvalue weighted by Crippen LogP contribution is 2.27. The van der Waals surface area contributed by atoms with Gasteiger partial charge in [-0.25, -0.2) is 13.1 Å². The Balaban J connectivity index is 2.23. The maximum Gasteiger partial charge on any atom is 0.241 e. The van der Waals surface area contributed by atoms with Crippen LogP contribution in [0.25, 0.3) is 0 Å². The quantitative estimate of drug-likeness (QED) is 0.574. The molecule has 1 aromatic rings. The van der Waals surface area contributed by atoms with Gasteiger partial charge in [-0.2, -0.15) is 0 Å². The number of amidine groups is 1. The molecule has 0 saturated heterocycles. The van der Waals surface area contributed by atoms with Gasteiger partial charge in [0.1, 0.15) is 5.84 Å². The number of nitrogens with two attached hydrogens (primary N) is 1. The molecule has 4 N–H and O–H groups in total. The van der Waals surface area contributed by atoms with Crippen molar-refractivity contribution in [1.82, 2.24) is 4.72 Å². The van der Waals surface area contributed by atoms with Gasteiger partial charge >= 0.3 is 0 Å². The Morgan fingerprint density at radius 2 is 1.90 bits per heavy atom. The first-order valence-electron chi connectivity index (χ1n) is 7.33. The van der Waals surface area contributed by atoms with Crippen LogP contribution in [0, 0.1) is 18.3 Å². The zero-order valence-corrected chi connectivity index (χ0v) is 13.1. The van der Waals surface area contributed by atoms with Gasteiger partial charge in [0.05, 0.1) is 10.9 Å². The molecule has 0 aromatic heterocycles. The third kappa shape index (κ3) is 3.83. The molecule has 1 aliphatic rings. The van der Waals surface area contributed by atoms with Gasteiger partial charge in [0.2, 0.25) is 10.0 Å². The Morgan fingerprint density at radius 1 is 1.29 bits per heavy atom. The van der Waals surface area contributed by atoms with Crippen molar-refractivity contribution in [3.63, 3.8) is 0 Å². The van der Waals surface area contributed by atoms with E-state index in [2.05, 4.69) is 4.72 Å². The standard InChI is InChI=1S/C15H23N3O2S/c1-11-7-5-6-10-13(11)21(19,20)18-14(15(16)17)12-8-3-2-4-9-12/h5-7,10,12,14,18H,2-4,8-9H2,1H3,(H3,16,17). The summed E-state index contributed by atoms with van der Waals surface area (Å²) in [6.45, 7) is 1.76. The fourth-order valence-electron chi connectivity index (χ4n) is 2.97. The van der Waals surface area contributed by atoms with E-state index in [1.54, 1.807) is 31.2 Å². The predicted molar refractivity (Wildman–Crippen MR) is 83.8 cm³/mol. The summed E-state index contributed by atoms with van der Waals surface area (Å²) < 4.78 is 27.7. The molecule has 0 radical (unpaired) electrons. The minimum atomic E-state index is -3.66. The molecule has 1 fully saturated rings. The van der Waals surface area contributed by atoms with Gasteiger partial charge in [-0.1, -0.05) is 37.5 Å². The van der Waals surface area contributed by atoms with Gasteiger partial charge < -0.3 is 5.73 Å². The maximum absolute atomic E-state index is 12.5. The average molecular weight is 309 g/mol. The molecule has 0 bridgehead atoms. The average Bonchev–Trinajstić information content (AvgIpc) is 2.46. The zero-order valence-electron chi connectivity index (χ0n) is 12.3. The minimum Gasteiger partial charge on any atom is -0.386 e. The van der Waals surface area contributed by atoms with E-state index in [-0.39, 0.29) is 16.6 Å². The van der Waals surface area contributed by atoms with Gasteiger partial charge in [0, 0.05) is 0 Å². The van der Waals surface area contributed by atoms with Gasteiger partial charge in [-0.3, -0.25) is 5.41 Å². The van der Waals surface area contributed by atoms with Gasteiger partial charge in [-0.15, -0.1) is 0 Å². The lowest BCUT2D eigenvalue weighted by molar-refractivity contribution is 0.328. The number of nitrogens with one attached hydrogen (secondary N) is 2. The monoisotopic (exact) mass is 309 g/mol. The molecular formula is C15H23N3O2S. The molecule has 2 rings (SSSR count). The molecule has 0 heterocycles. The van der Waals surface area contributed by atoms with Crippen LogP contribution in [0.5, 0.6) is 0 Å². The van der Waals surface area contributed by atoms with Crippen LogP contribution in [-0.2, 0) is 10.0 Å². The first-order valence-corrected chi connectivity index (χ1v) is 8.82. The number of benzene rings is 1. The number of rotatable bonds is 5. The Morgan fingerprint density at radius 3 is 2.48 bits per heavy atom. The molecular weight excluding hydrogens is 286 g/mol. The maximum atomic E-state index is 12.5. The highest BCUT2D eigenvalue weighted by molar-refractivity contribution is 7.89. The molecule has 0 spiro atoms. The molecule has 5 nitrogen and oxygen atoms in total. The summed E-state index contributed by atoms with van der Waals surface area (Å²) in [6.07, 6.45) is 5.15. The lowest BCUT2D eigenvalue weighted by Gasteiger charge is -2.30. The second kappa shape index (κ2) is 6.58. The van der Waals surface area contributed by atoms with E-state index in [1.165, 1.54) is 6.42 Å². The predicted octanol–water partition coefficient (Wildman–Crippen LogP) is 2.16. The molecule has 1 atom stereocenters. The topological polar surface area (TPSA) is 96.0 Å². The van der Waals surface area contributed by atoms with E-state index in [4.69, 9.17) is 11.1 Å². The Bertz CT molecular complexity index is 607. The van der Waals surface area contributed by atoms with Crippen LogP contribution in [0.2, 0.25) is 0 Å². The van der Waals surface area contributed by atoms with E-state index in [0.29, 0.717) is 5.56 Å². The first kappa shape index (κ1) is 16.0. The lowest BCUT2D eigenvalue weighted by atomic mass is 9.84. The summed E-state index contributed by atoms with van der Waals surface area (Å²) in [5.41, 5.74) is 6.34. The van der Waals surface area contributed by atoms with E-state index in [9.17, 15) is 8.42 Å². The second-order valence-electron chi connectivity index (χ2n) is 5.72. The molecule has 6 heteroatoms. The van der Waals surface area contributed by atoms with E-state index in [1.807, 2.05) is 0 Å². The van der Waals surface area contributed by atoms with Crippen molar-refractivity contribution in [1.29, 1.82) is 5.41 Å². The molecule has 1 saturated carbocycles. The van der Waals surface area contributed by atoms with Crippen molar-refractivity contribution in [3.8, 4) is 0 Å². The van der Waals surface area contributed by atoms with Crippen molar-refractivity contribution in [2.45, 2.75) is 50.0 Å². The normalized spacial score (nSPS) is 18.3. The molecule has 0 amide bonds. The fourth-order valence-corrected chi connectivity index (χ4v) is 4.50. The second-order valence-corrected chi connectivity index (χ2v) is 7.40. The number of hydrogen-bond acceptors (Lipinski definition) is 3. The summed E-state index contributed by atoms with van der Waals surface area (Å²) >= 11 is 0. The lowest BCUT2D eigenvalue weighted by Crippen LogP contribution is -2.49.